The lowest BCUT2D eigenvalue weighted by molar-refractivity contribution is -0.123. The molecule has 0 aliphatic carbocycles. The number of piperidine rings is 1. The minimum atomic E-state index is -0.0836. The maximum Gasteiger partial charge on any atom is 0.289 e. The molecule has 0 N–H and O–H groups in total. The fraction of sp³-hybridized carbons (Fsp3) is 0.429. The molecule has 136 valence electrons. The number of hydrogen-bond donors (Lipinski definition) is 0. The molecule has 0 unspecified atom stereocenters. The number of likely N-dealkylation sites (tertiary alicyclic amines) is 1. The van der Waals surface area contributed by atoms with Crippen LogP contribution in [0.25, 0.3) is 0 Å². The van der Waals surface area contributed by atoms with Crippen LogP contribution in [0.5, 0.6) is 0 Å². The van der Waals surface area contributed by atoms with Crippen LogP contribution in [0.15, 0.2) is 41.0 Å². The van der Waals surface area contributed by atoms with Gasteiger partial charge in [-0.1, -0.05) is 17.7 Å². The number of benzene rings is 1. The molecule has 0 spiro atoms. The Balaban J connectivity index is 1.42. The van der Waals surface area contributed by atoms with Crippen molar-refractivity contribution in [1.29, 1.82) is 0 Å². The lowest BCUT2D eigenvalue weighted by Crippen LogP contribution is -2.45. The summed E-state index contributed by atoms with van der Waals surface area (Å²) in [6.07, 6.45) is 4.99. The lowest BCUT2D eigenvalue weighted by Gasteiger charge is -2.36. The van der Waals surface area contributed by atoms with Crippen molar-refractivity contribution < 1.29 is 14.0 Å². The first-order chi connectivity index (χ1) is 12.6. The van der Waals surface area contributed by atoms with Crippen LogP contribution < -0.4 is 4.90 Å². The van der Waals surface area contributed by atoms with Crippen molar-refractivity contribution in [3.05, 3.63) is 53.5 Å². The van der Waals surface area contributed by atoms with Crippen LogP contribution in [0.3, 0.4) is 0 Å². The smallest absolute Gasteiger partial charge is 0.289 e. The predicted molar refractivity (Wildman–Crippen MR) is 99.2 cm³/mol. The Hall–Kier alpha value is -2.56. The highest BCUT2D eigenvalue weighted by atomic mass is 16.3. The van der Waals surface area contributed by atoms with Gasteiger partial charge >= 0.3 is 0 Å². The number of carbonyl (C=O) groups is 2. The molecule has 2 amide bonds. The van der Waals surface area contributed by atoms with E-state index in [9.17, 15) is 9.59 Å². The summed E-state index contributed by atoms with van der Waals surface area (Å²) in [5.41, 5.74) is 3.58. The number of aryl methyl sites for hydroxylation is 2. The van der Waals surface area contributed by atoms with Gasteiger partial charge in [0.15, 0.2) is 5.76 Å². The third kappa shape index (κ3) is 3.14. The minimum Gasteiger partial charge on any atom is -0.459 e. The molecule has 1 aromatic carbocycles. The Kier molecular flexibility index (Phi) is 4.53. The summed E-state index contributed by atoms with van der Waals surface area (Å²) in [6, 6.07) is 9.76. The van der Waals surface area contributed by atoms with Crippen LogP contribution in [-0.2, 0) is 11.2 Å². The van der Waals surface area contributed by atoms with Crippen molar-refractivity contribution in [2.45, 2.75) is 32.6 Å². The molecule has 4 rings (SSSR count). The number of hydrogen-bond acceptors (Lipinski definition) is 3. The van der Waals surface area contributed by atoms with Gasteiger partial charge in [-0.2, -0.15) is 0 Å². The van der Waals surface area contributed by atoms with Crippen LogP contribution >= 0.6 is 0 Å². The molecular formula is C21H24N2O3. The largest absolute Gasteiger partial charge is 0.459 e. The third-order valence-corrected chi connectivity index (χ3v) is 5.48. The fourth-order valence-electron chi connectivity index (χ4n) is 4.06. The molecule has 3 heterocycles. The fourth-order valence-corrected chi connectivity index (χ4v) is 4.06. The third-order valence-electron chi connectivity index (χ3n) is 5.48. The second-order valence-corrected chi connectivity index (χ2v) is 7.27. The first-order valence-electron chi connectivity index (χ1n) is 9.37. The highest BCUT2D eigenvalue weighted by Crippen LogP contribution is 2.31. The summed E-state index contributed by atoms with van der Waals surface area (Å²) in [5.74, 6) is 0.484. The van der Waals surface area contributed by atoms with E-state index in [0.29, 0.717) is 31.7 Å². The molecule has 0 bridgehead atoms. The van der Waals surface area contributed by atoms with Crippen molar-refractivity contribution in [2.24, 2.45) is 5.92 Å². The number of fused-ring (bicyclic) bond motifs is 1. The van der Waals surface area contributed by atoms with Crippen LogP contribution in [0.2, 0.25) is 0 Å². The van der Waals surface area contributed by atoms with E-state index in [1.807, 2.05) is 4.90 Å². The van der Waals surface area contributed by atoms with Crippen molar-refractivity contribution in [1.82, 2.24) is 4.90 Å². The van der Waals surface area contributed by atoms with Gasteiger partial charge in [0.2, 0.25) is 5.91 Å². The van der Waals surface area contributed by atoms with Gasteiger partial charge in [-0.25, -0.2) is 0 Å². The second kappa shape index (κ2) is 6.98. The van der Waals surface area contributed by atoms with Gasteiger partial charge in [0.05, 0.1) is 6.26 Å². The molecule has 0 saturated carbocycles. The number of anilines is 1. The van der Waals surface area contributed by atoms with Gasteiger partial charge in [0.25, 0.3) is 5.91 Å². The monoisotopic (exact) mass is 352 g/mol. The van der Waals surface area contributed by atoms with Crippen molar-refractivity contribution in [3.63, 3.8) is 0 Å². The Bertz CT molecular complexity index is 805. The van der Waals surface area contributed by atoms with E-state index in [0.717, 1.165) is 25.1 Å². The van der Waals surface area contributed by atoms with E-state index in [-0.39, 0.29) is 17.7 Å². The Labute approximate surface area is 153 Å². The molecule has 1 fully saturated rings. The molecule has 1 saturated heterocycles. The lowest BCUT2D eigenvalue weighted by atomic mass is 9.92. The maximum atomic E-state index is 13.1. The molecule has 1 aromatic heterocycles. The van der Waals surface area contributed by atoms with Crippen LogP contribution in [0.4, 0.5) is 5.69 Å². The van der Waals surface area contributed by atoms with Crippen LogP contribution in [-0.4, -0.2) is 36.3 Å². The van der Waals surface area contributed by atoms with E-state index < -0.39 is 0 Å². The van der Waals surface area contributed by atoms with E-state index in [1.165, 1.54) is 17.4 Å². The average Bonchev–Trinajstić information content (AvgIpc) is 3.21. The normalized spacial score (nSPS) is 17.9. The van der Waals surface area contributed by atoms with E-state index >= 15 is 0 Å². The SMILES string of the molecule is Cc1ccc2c(c1)CCCN2C(=O)C1CCN(C(=O)c2ccco2)CC1. The molecule has 26 heavy (non-hydrogen) atoms. The first-order valence-corrected chi connectivity index (χ1v) is 9.37. The number of rotatable bonds is 2. The quantitative estimate of drug-likeness (QED) is 0.832. The van der Waals surface area contributed by atoms with E-state index in [1.54, 1.807) is 17.0 Å². The Morgan fingerprint density at radius 1 is 1.12 bits per heavy atom. The molecule has 0 atom stereocenters. The summed E-state index contributed by atoms with van der Waals surface area (Å²) < 4.78 is 5.20. The van der Waals surface area contributed by atoms with Gasteiger partial charge < -0.3 is 14.2 Å². The molecule has 0 radical (unpaired) electrons. The topological polar surface area (TPSA) is 53.8 Å². The zero-order valence-electron chi connectivity index (χ0n) is 15.1. The Morgan fingerprint density at radius 3 is 2.65 bits per heavy atom. The molecule has 5 heteroatoms. The molecule has 2 aromatic rings. The summed E-state index contributed by atoms with van der Waals surface area (Å²) in [4.78, 5) is 29.2. The minimum absolute atomic E-state index is 0.0112. The summed E-state index contributed by atoms with van der Waals surface area (Å²) in [7, 11) is 0. The zero-order valence-corrected chi connectivity index (χ0v) is 15.1. The molecule has 5 nitrogen and oxygen atoms in total. The summed E-state index contributed by atoms with van der Waals surface area (Å²) >= 11 is 0. The van der Waals surface area contributed by atoms with E-state index in [4.69, 9.17) is 4.42 Å². The number of nitrogens with zero attached hydrogens (tertiary/aromatic N) is 2. The van der Waals surface area contributed by atoms with Gasteiger partial charge in [0, 0.05) is 31.2 Å². The highest BCUT2D eigenvalue weighted by Gasteiger charge is 2.33. The predicted octanol–water partition coefficient (Wildman–Crippen LogP) is 3.42. The van der Waals surface area contributed by atoms with Crippen LogP contribution in [0, 0.1) is 12.8 Å². The number of carbonyl (C=O) groups excluding carboxylic acids is 2. The summed E-state index contributed by atoms with van der Waals surface area (Å²) in [5, 5.41) is 0. The van der Waals surface area contributed by atoms with Gasteiger partial charge in [-0.15, -0.1) is 0 Å². The highest BCUT2D eigenvalue weighted by molar-refractivity contribution is 5.96. The molecular weight excluding hydrogens is 328 g/mol. The molecule has 2 aliphatic heterocycles. The van der Waals surface area contributed by atoms with Gasteiger partial charge in [-0.05, 0) is 56.4 Å². The van der Waals surface area contributed by atoms with Crippen molar-refractivity contribution in [2.75, 3.05) is 24.5 Å². The number of furan rings is 1. The zero-order chi connectivity index (χ0) is 18.1. The van der Waals surface area contributed by atoms with E-state index in [2.05, 4.69) is 25.1 Å². The Morgan fingerprint density at radius 2 is 1.92 bits per heavy atom. The van der Waals surface area contributed by atoms with Crippen molar-refractivity contribution >= 4 is 17.5 Å². The van der Waals surface area contributed by atoms with Crippen molar-refractivity contribution in [3.8, 4) is 0 Å². The average molecular weight is 352 g/mol. The molecule has 2 aliphatic rings. The second-order valence-electron chi connectivity index (χ2n) is 7.27. The maximum absolute atomic E-state index is 13.1. The van der Waals surface area contributed by atoms with Gasteiger partial charge in [-0.3, -0.25) is 9.59 Å². The first kappa shape index (κ1) is 16.9. The summed E-state index contributed by atoms with van der Waals surface area (Å²) in [6.45, 7) is 4.09. The van der Waals surface area contributed by atoms with Gasteiger partial charge in [0.1, 0.15) is 0 Å². The van der Waals surface area contributed by atoms with Crippen LogP contribution in [0.1, 0.15) is 40.9 Å². The number of amides is 2. The standard InChI is InChI=1S/C21H24N2O3/c1-15-6-7-18-17(14-15)4-2-10-23(18)20(24)16-8-11-22(12-9-16)21(25)19-5-3-13-26-19/h3,5-7,13-14,16H,2,4,8-12H2,1H3.